The summed E-state index contributed by atoms with van der Waals surface area (Å²) in [6, 6.07) is 25.7. The van der Waals surface area contributed by atoms with Gasteiger partial charge in [-0.25, -0.2) is 37.1 Å². The van der Waals surface area contributed by atoms with Crippen LogP contribution in [0, 0.1) is 23.3 Å². The van der Waals surface area contributed by atoms with Crippen LogP contribution in [-0.4, -0.2) is 75.5 Å². The van der Waals surface area contributed by atoms with Gasteiger partial charge in [-0.1, -0.05) is 69.6 Å². The average molecular weight is 1190 g/mol. The Kier molecular flexibility index (Phi) is 19.7. The molecule has 12 nitrogen and oxygen atoms in total. The summed E-state index contributed by atoms with van der Waals surface area (Å²) >= 11 is 3.07. The Labute approximate surface area is 470 Å². The summed E-state index contributed by atoms with van der Waals surface area (Å²) < 4.78 is 89.9. The van der Waals surface area contributed by atoms with Gasteiger partial charge in [-0.3, -0.25) is 0 Å². The molecule has 4 aromatic carbocycles. The minimum atomic E-state index is -2.18. The van der Waals surface area contributed by atoms with Gasteiger partial charge in [0.15, 0.2) is 0 Å². The van der Waals surface area contributed by atoms with Crippen LogP contribution in [0.2, 0.25) is 36.3 Å². The first-order valence-electron chi connectivity index (χ1n) is 25.7. The number of pyridine rings is 2. The molecule has 4 heterocycles. The lowest BCUT2D eigenvalue weighted by molar-refractivity contribution is 0.0508. The molecule has 0 aliphatic heterocycles. The molecule has 79 heavy (non-hydrogen) atoms. The number of aromatic nitrogens is 4. The van der Waals surface area contributed by atoms with Crippen molar-refractivity contribution in [2.24, 2.45) is 0 Å². The summed E-state index contributed by atoms with van der Waals surface area (Å²) in [4.78, 5) is 38.1. The van der Waals surface area contributed by atoms with E-state index in [2.05, 4.69) is 98.6 Å². The van der Waals surface area contributed by atoms with Gasteiger partial charge < -0.3 is 37.4 Å². The van der Waals surface area contributed by atoms with Crippen molar-refractivity contribution in [1.29, 1.82) is 0 Å². The number of nitrogens with one attached hydrogen (secondary N) is 1. The van der Waals surface area contributed by atoms with Crippen LogP contribution in [0.5, 0.6) is 23.3 Å². The van der Waals surface area contributed by atoms with Crippen LogP contribution < -0.4 is 18.3 Å². The summed E-state index contributed by atoms with van der Waals surface area (Å²) in [5, 5.41) is 2.02. The summed E-state index contributed by atoms with van der Waals surface area (Å²) in [6.45, 7) is 25.8. The molecule has 0 atom stereocenters. The van der Waals surface area contributed by atoms with Crippen LogP contribution in [0.25, 0.3) is 44.1 Å². The second kappa shape index (κ2) is 25.4. The number of halogens is 5. The first-order chi connectivity index (χ1) is 37.2. The molecule has 0 saturated carbocycles. The molecule has 0 radical (unpaired) electrons. The Balaban J connectivity index is 0.000000222. The Morgan fingerprint density at radius 2 is 1.10 bits per heavy atom. The molecule has 19 heteroatoms. The lowest BCUT2D eigenvalue weighted by Gasteiger charge is -2.36. The van der Waals surface area contributed by atoms with E-state index in [0.29, 0.717) is 61.7 Å². The predicted octanol–water partition coefficient (Wildman–Crippen LogP) is 16.3. The number of H-pyrrole nitrogens is 1. The lowest BCUT2D eigenvalue weighted by Crippen LogP contribution is -2.43. The number of benzene rings is 4. The Morgan fingerprint density at radius 1 is 0.620 bits per heavy atom. The molecule has 8 rings (SSSR count). The number of nitrogens with zero attached hydrogens (tertiary/aromatic N) is 3. The number of esters is 2. The van der Waals surface area contributed by atoms with Crippen molar-refractivity contribution in [3.8, 4) is 45.5 Å². The molecule has 0 fully saturated rings. The van der Waals surface area contributed by atoms with Gasteiger partial charge in [0.05, 0.1) is 34.0 Å². The summed E-state index contributed by atoms with van der Waals surface area (Å²) in [6.07, 6.45) is 3.26. The van der Waals surface area contributed by atoms with Gasteiger partial charge in [0, 0.05) is 79.5 Å². The smallest absolute Gasteiger partial charge is 0.355 e. The molecular weight excluding hydrogens is 1120 g/mol. The van der Waals surface area contributed by atoms with E-state index in [1.165, 1.54) is 31.4 Å². The zero-order valence-electron chi connectivity index (χ0n) is 47.2. The second-order valence-corrected chi connectivity index (χ2v) is 31.5. The van der Waals surface area contributed by atoms with E-state index in [0.717, 1.165) is 34.3 Å². The van der Waals surface area contributed by atoms with Crippen LogP contribution in [0.15, 0.2) is 109 Å². The number of hydrogen-bond donors (Lipinski definition) is 1. The first kappa shape index (κ1) is 61.2. The molecule has 8 aromatic rings. The number of aromatic amines is 1. The van der Waals surface area contributed by atoms with Gasteiger partial charge in [-0.05, 0) is 128 Å². The number of fused-ring (bicyclic) bond motifs is 2. The van der Waals surface area contributed by atoms with E-state index in [-0.39, 0.29) is 41.1 Å². The molecule has 4 aromatic heterocycles. The van der Waals surface area contributed by atoms with E-state index < -0.39 is 51.8 Å². The van der Waals surface area contributed by atoms with Crippen molar-refractivity contribution in [2.45, 2.75) is 104 Å². The topological polar surface area (TPSA) is 136 Å². The fraction of sp³-hybridized carbons (Fsp3) is 0.333. The van der Waals surface area contributed by atoms with Crippen molar-refractivity contribution in [3.05, 3.63) is 155 Å². The minimum absolute atomic E-state index is 0.0260. The number of alkyl halides is 1. The van der Waals surface area contributed by atoms with E-state index >= 15 is 0 Å². The highest BCUT2D eigenvalue weighted by molar-refractivity contribution is 9.08. The highest BCUT2D eigenvalue weighted by Gasteiger charge is 2.40. The van der Waals surface area contributed by atoms with Crippen LogP contribution in [-0.2, 0) is 21.3 Å². The van der Waals surface area contributed by atoms with Crippen molar-refractivity contribution < 1.29 is 55.0 Å². The second-order valence-electron chi connectivity index (χ2n) is 21.5. The average Bonchev–Trinajstić information content (AvgIpc) is 4.18. The zero-order valence-corrected chi connectivity index (χ0v) is 50.8. The Hall–Kier alpha value is -6.97. The van der Waals surface area contributed by atoms with Gasteiger partial charge in [-0.15, -0.1) is 0 Å². The molecule has 1 N–H and O–H groups in total. The largest absolute Gasteiger partial charge is 0.543 e. The van der Waals surface area contributed by atoms with E-state index in [9.17, 15) is 27.2 Å². The van der Waals surface area contributed by atoms with Gasteiger partial charge in [-0.2, -0.15) is 0 Å². The van der Waals surface area contributed by atoms with Crippen molar-refractivity contribution in [2.75, 3.05) is 27.4 Å². The van der Waals surface area contributed by atoms with Crippen molar-refractivity contribution >= 4 is 66.3 Å². The van der Waals surface area contributed by atoms with Gasteiger partial charge in [0.25, 0.3) is 0 Å². The zero-order chi connectivity index (χ0) is 58.2. The third-order valence-corrected chi connectivity index (χ3v) is 23.4. The third-order valence-electron chi connectivity index (χ3n) is 14.1. The fourth-order valence-electron chi connectivity index (χ4n) is 7.95. The van der Waals surface area contributed by atoms with Crippen LogP contribution in [0.4, 0.5) is 17.6 Å². The monoisotopic (exact) mass is 1180 g/mol. The molecule has 0 bridgehead atoms. The normalized spacial score (nSPS) is 11.8. The van der Waals surface area contributed by atoms with E-state index in [1.54, 1.807) is 44.0 Å². The Morgan fingerprint density at radius 3 is 1.58 bits per heavy atom. The van der Waals surface area contributed by atoms with Gasteiger partial charge >= 0.3 is 11.9 Å². The first-order valence-corrected chi connectivity index (χ1v) is 32.6. The maximum atomic E-state index is 14.8. The summed E-state index contributed by atoms with van der Waals surface area (Å²) in [5.41, 5.74) is 5.31. The highest BCUT2D eigenvalue weighted by atomic mass is 79.9. The number of carbonyl (C=O) groups excluding carboxylic acids is 2. The molecule has 0 saturated heterocycles. The quantitative estimate of drug-likeness (QED) is 0.0457. The Bertz CT molecular complexity index is 3460. The van der Waals surface area contributed by atoms with Crippen LogP contribution >= 0.6 is 15.9 Å². The minimum Gasteiger partial charge on any atom is -0.543 e. The van der Waals surface area contributed by atoms with Gasteiger partial charge in [0.2, 0.25) is 28.4 Å². The molecule has 0 aliphatic rings. The van der Waals surface area contributed by atoms with Crippen LogP contribution in [0.1, 0.15) is 87.5 Å². The molecule has 0 aliphatic carbocycles. The number of hydrogen-bond acceptors (Lipinski definition) is 10. The number of ether oxygens (including phenoxy) is 4. The molecule has 0 spiro atoms. The molecule has 0 unspecified atom stereocenters. The number of rotatable bonds is 15. The van der Waals surface area contributed by atoms with Crippen molar-refractivity contribution in [1.82, 2.24) is 19.5 Å². The maximum absolute atomic E-state index is 14.8. The summed E-state index contributed by atoms with van der Waals surface area (Å²) in [7, 11) is -1.12. The van der Waals surface area contributed by atoms with Crippen molar-refractivity contribution in [3.63, 3.8) is 0 Å². The number of carbonyl (C=O) groups is 2. The van der Waals surface area contributed by atoms with Gasteiger partial charge in [0.1, 0.15) is 46.2 Å². The van der Waals surface area contributed by atoms with E-state index in [4.69, 9.17) is 27.8 Å². The summed E-state index contributed by atoms with van der Waals surface area (Å²) in [5.74, 6) is -1.20. The van der Waals surface area contributed by atoms with E-state index in [1.807, 2.05) is 54.6 Å². The fourth-order valence-corrected chi connectivity index (χ4v) is 10.4. The number of methoxy groups -OCH3 is 2. The van der Waals surface area contributed by atoms with Crippen LogP contribution in [0.3, 0.4) is 0 Å². The highest BCUT2D eigenvalue weighted by Crippen LogP contribution is 2.45. The standard InChI is InChI=1S/C30H34F2N2O4Si.C23H30N2O4Si.C7H5BrF2/c1-8-37-29(35)27-26(22-10-9-15-33-28(22)36-5)23-17-21(38-39(6,7)30(2,3)4)13-14-25(23)34(27)18-19-11-12-20(31)16-24(19)32;1-8-28-22(26)20-19(16-10-9-13-24-21(16)27-5)17-14-15(11-12-18(17)25-20)29-30(6,7)23(2,3)4;8-4-5-1-2-6(9)3-7(5)10/h9-17H,8,18H2,1-7H3;9-14,25H,8H2,1-7H3;1-3H,4H2. The lowest BCUT2D eigenvalue weighted by atomic mass is 10.0. The SMILES string of the molecule is CCOC(=O)c1[nH]c2ccc(O[Si](C)(C)C(C)(C)C)cc2c1-c1cccnc1OC.CCOC(=O)c1c(-c2cccnc2OC)c2cc(O[Si](C)(C)C(C)(C)C)ccc2n1Cc1ccc(F)cc1F.Fc1ccc(CBr)c(F)c1. The third kappa shape index (κ3) is 14.1. The molecular formula is C60H69BrF4N4O8Si2. The predicted molar refractivity (Wildman–Crippen MR) is 312 cm³/mol. The maximum Gasteiger partial charge on any atom is 0.355 e. The molecule has 0 amide bonds. The molecule has 420 valence electrons.